The van der Waals surface area contributed by atoms with Gasteiger partial charge in [0.25, 0.3) is 10.1 Å². The van der Waals surface area contributed by atoms with Crippen LogP contribution in [0, 0.1) is 5.41 Å². The van der Waals surface area contributed by atoms with Crippen molar-refractivity contribution in [3.8, 4) is 0 Å². The summed E-state index contributed by atoms with van der Waals surface area (Å²) in [6.07, 6.45) is 0.598. The first-order chi connectivity index (χ1) is 8.44. The number of nitrogens with two attached hydrogens (primary N) is 3. The van der Waals surface area contributed by atoms with Gasteiger partial charge in [-0.1, -0.05) is 6.92 Å². The lowest BCUT2D eigenvalue weighted by Gasteiger charge is -2.46. The number of carbonyl (C=O) groups excluding carboxylic acids is 1. The maximum absolute atomic E-state index is 11.5. The van der Waals surface area contributed by atoms with E-state index in [9.17, 15) is 17.8 Å². The maximum atomic E-state index is 11.5. The van der Waals surface area contributed by atoms with Gasteiger partial charge in [0.1, 0.15) is 10.6 Å². The summed E-state index contributed by atoms with van der Waals surface area (Å²) in [5.74, 6) is -0.592. The SMILES string of the molecule is CCC(=O)NC1(N)C(S(=O)(=O)O)=CC(=N)CC1(N)N. The van der Waals surface area contributed by atoms with E-state index in [1.54, 1.807) is 0 Å². The van der Waals surface area contributed by atoms with Crippen LogP contribution < -0.4 is 22.5 Å². The Labute approximate surface area is 110 Å². The van der Waals surface area contributed by atoms with Gasteiger partial charge >= 0.3 is 0 Å². The van der Waals surface area contributed by atoms with Crippen LogP contribution in [0.4, 0.5) is 0 Å². The zero-order chi connectivity index (χ0) is 15.1. The van der Waals surface area contributed by atoms with Crippen LogP contribution in [-0.4, -0.2) is 35.9 Å². The molecule has 19 heavy (non-hydrogen) atoms. The molecule has 0 saturated heterocycles. The lowest BCUT2D eigenvalue weighted by molar-refractivity contribution is -0.123. The fraction of sp³-hybridized carbons (Fsp3) is 0.556. The Morgan fingerprint density at radius 3 is 2.47 bits per heavy atom. The first-order valence-corrected chi connectivity index (χ1v) is 6.83. The van der Waals surface area contributed by atoms with E-state index in [2.05, 4.69) is 5.32 Å². The molecule has 0 aromatic carbocycles. The molecule has 9 nitrogen and oxygen atoms in total. The van der Waals surface area contributed by atoms with Crippen molar-refractivity contribution in [3.05, 3.63) is 11.0 Å². The summed E-state index contributed by atoms with van der Waals surface area (Å²) >= 11 is 0. The molecule has 0 radical (unpaired) electrons. The second kappa shape index (κ2) is 4.65. The van der Waals surface area contributed by atoms with Crippen LogP contribution in [0.1, 0.15) is 19.8 Å². The number of rotatable bonds is 3. The van der Waals surface area contributed by atoms with Crippen LogP contribution in [0.25, 0.3) is 0 Å². The van der Waals surface area contributed by atoms with E-state index >= 15 is 0 Å². The fourth-order valence-electron chi connectivity index (χ4n) is 1.77. The average Bonchev–Trinajstić information content (AvgIpc) is 2.21. The summed E-state index contributed by atoms with van der Waals surface area (Å²) in [5.41, 5.74) is 12.9. The lowest BCUT2D eigenvalue weighted by Crippen LogP contribution is -2.81. The minimum atomic E-state index is -4.77. The molecule has 108 valence electrons. The normalized spacial score (nSPS) is 26.8. The highest BCUT2D eigenvalue weighted by molar-refractivity contribution is 7.90. The standard InChI is InChI=1S/C9H17N5O4S/c1-2-7(15)14-9(13)6(19(16,17)18)3-5(10)4-8(9,11)12/h3,10H,2,4,11-13H2,1H3,(H,14,15)(H,16,17,18). The number of carbonyl (C=O) groups is 1. The molecule has 0 fully saturated rings. The number of hydrogen-bond acceptors (Lipinski definition) is 7. The summed E-state index contributed by atoms with van der Waals surface area (Å²) in [6.45, 7) is 1.52. The Kier molecular flexibility index (Phi) is 3.85. The highest BCUT2D eigenvalue weighted by Crippen LogP contribution is 2.30. The highest BCUT2D eigenvalue weighted by atomic mass is 32.2. The summed E-state index contributed by atoms with van der Waals surface area (Å²) in [5, 5.41) is 9.68. The number of hydrogen-bond donors (Lipinski definition) is 6. The molecule has 1 unspecified atom stereocenters. The van der Waals surface area contributed by atoms with Gasteiger partial charge in [0.2, 0.25) is 5.91 Å². The second-order valence-electron chi connectivity index (χ2n) is 4.44. The molecule has 0 bridgehead atoms. The molecule has 0 aromatic rings. The number of nitrogens with one attached hydrogen (secondary N) is 2. The Hall–Kier alpha value is -1.33. The molecule has 0 aliphatic heterocycles. The van der Waals surface area contributed by atoms with Gasteiger partial charge in [0.15, 0.2) is 5.66 Å². The van der Waals surface area contributed by atoms with Gasteiger partial charge in [-0.25, -0.2) is 0 Å². The fourth-order valence-corrected chi connectivity index (χ4v) is 2.71. The largest absolute Gasteiger partial charge is 0.331 e. The Bertz CT molecular complexity index is 553. The summed E-state index contributed by atoms with van der Waals surface area (Å²) in [7, 11) is -4.77. The molecular formula is C9H17N5O4S. The molecule has 9 N–H and O–H groups in total. The predicted molar refractivity (Wildman–Crippen MR) is 68.4 cm³/mol. The molecule has 10 heteroatoms. The molecule has 1 rings (SSSR count). The van der Waals surface area contributed by atoms with Crippen molar-refractivity contribution in [3.63, 3.8) is 0 Å². The Morgan fingerprint density at radius 2 is 2.05 bits per heavy atom. The van der Waals surface area contributed by atoms with Crippen molar-refractivity contribution in [1.29, 1.82) is 5.41 Å². The van der Waals surface area contributed by atoms with Crippen LogP contribution >= 0.6 is 0 Å². The molecule has 0 aromatic heterocycles. The monoisotopic (exact) mass is 291 g/mol. The quantitative estimate of drug-likeness (QED) is 0.255. The smallest absolute Gasteiger partial charge is 0.294 e. The first-order valence-electron chi connectivity index (χ1n) is 5.39. The van der Waals surface area contributed by atoms with Crippen molar-refractivity contribution < 1.29 is 17.8 Å². The van der Waals surface area contributed by atoms with Crippen LogP contribution in [0.15, 0.2) is 11.0 Å². The van der Waals surface area contributed by atoms with Gasteiger partial charge in [0, 0.05) is 18.6 Å². The van der Waals surface area contributed by atoms with E-state index in [0.717, 1.165) is 6.08 Å². The van der Waals surface area contributed by atoms with Gasteiger partial charge in [-0.15, -0.1) is 0 Å². The molecule has 1 aliphatic carbocycles. The minimum Gasteiger partial charge on any atom is -0.331 e. The summed E-state index contributed by atoms with van der Waals surface area (Å²) in [4.78, 5) is 10.7. The first kappa shape index (κ1) is 15.7. The third kappa shape index (κ3) is 2.82. The molecule has 0 saturated carbocycles. The summed E-state index contributed by atoms with van der Waals surface area (Å²) < 4.78 is 31.9. The topological polar surface area (TPSA) is 185 Å². The van der Waals surface area contributed by atoms with Crippen molar-refractivity contribution >= 4 is 21.7 Å². The van der Waals surface area contributed by atoms with Gasteiger partial charge in [0.05, 0.1) is 0 Å². The zero-order valence-corrected chi connectivity index (χ0v) is 11.1. The second-order valence-corrected chi connectivity index (χ2v) is 5.83. The van der Waals surface area contributed by atoms with E-state index in [1.165, 1.54) is 6.92 Å². The van der Waals surface area contributed by atoms with Crippen molar-refractivity contribution in [2.45, 2.75) is 31.1 Å². The molecule has 1 atom stereocenters. The third-order valence-corrected chi connectivity index (χ3v) is 3.84. The average molecular weight is 291 g/mol. The van der Waals surface area contributed by atoms with Gasteiger partial charge in [-0.2, -0.15) is 8.42 Å². The van der Waals surface area contributed by atoms with E-state index < -0.39 is 32.3 Å². The van der Waals surface area contributed by atoms with E-state index in [0.29, 0.717) is 0 Å². The van der Waals surface area contributed by atoms with Crippen LogP contribution in [0.3, 0.4) is 0 Å². The van der Waals surface area contributed by atoms with Crippen molar-refractivity contribution in [2.75, 3.05) is 0 Å². The lowest BCUT2D eigenvalue weighted by atomic mass is 9.83. The van der Waals surface area contributed by atoms with Crippen LogP contribution in [0.2, 0.25) is 0 Å². The molecule has 0 heterocycles. The number of amides is 1. The van der Waals surface area contributed by atoms with Gasteiger partial charge in [-0.05, 0) is 6.08 Å². The molecular weight excluding hydrogens is 274 g/mol. The zero-order valence-electron chi connectivity index (χ0n) is 10.3. The minimum absolute atomic E-state index is 0.0191. The Morgan fingerprint density at radius 1 is 1.53 bits per heavy atom. The summed E-state index contributed by atoms with van der Waals surface area (Å²) in [6, 6.07) is 0. The van der Waals surface area contributed by atoms with Crippen molar-refractivity contribution in [1.82, 2.24) is 5.32 Å². The molecule has 1 aliphatic rings. The predicted octanol–water partition coefficient (Wildman–Crippen LogP) is -2.02. The van der Waals surface area contributed by atoms with E-state index in [1.807, 2.05) is 0 Å². The van der Waals surface area contributed by atoms with Gasteiger partial charge < -0.3 is 27.9 Å². The number of allylic oxidation sites excluding steroid dienone is 1. The van der Waals surface area contributed by atoms with Crippen LogP contribution in [0.5, 0.6) is 0 Å². The van der Waals surface area contributed by atoms with Crippen molar-refractivity contribution in [2.24, 2.45) is 17.2 Å². The van der Waals surface area contributed by atoms with Gasteiger partial charge in [-0.3, -0.25) is 9.35 Å². The van der Waals surface area contributed by atoms with E-state index in [4.69, 9.17) is 22.6 Å². The molecule has 1 amide bonds. The van der Waals surface area contributed by atoms with E-state index in [-0.39, 0.29) is 18.6 Å². The third-order valence-electron chi connectivity index (χ3n) is 2.85. The maximum Gasteiger partial charge on any atom is 0.294 e. The van der Waals surface area contributed by atoms with Crippen LogP contribution in [-0.2, 0) is 14.9 Å². The molecule has 0 spiro atoms. The Balaban J connectivity index is 3.46. The highest BCUT2D eigenvalue weighted by Gasteiger charge is 2.54.